The molecule has 0 amide bonds. The summed E-state index contributed by atoms with van der Waals surface area (Å²) in [7, 11) is 0. The molecule has 0 saturated heterocycles. The van der Waals surface area contributed by atoms with Crippen LogP contribution in [0.2, 0.25) is 0 Å². The van der Waals surface area contributed by atoms with Crippen molar-refractivity contribution in [3.8, 4) is 11.5 Å². The summed E-state index contributed by atoms with van der Waals surface area (Å²) in [6, 6.07) is 16.6. The van der Waals surface area contributed by atoms with Crippen LogP contribution in [0.3, 0.4) is 0 Å². The highest BCUT2D eigenvalue weighted by molar-refractivity contribution is 5.81. The zero-order chi connectivity index (χ0) is 27.6. The van der Waals surface area contributed by atoms with Gasteiger partial charge < -0.3 is 18.9 Å². The molecular weight excluding hydrogens is 480 g/mol. The van der Waals surface area contributed by atoms with Gasteiger partial charge in [0.1, 0.15) is 37.9 Å². The van der Waals surface area contributed by atoms with E-state index in [1.165, 1.54) is 11.1 Å². The first kappa shape index (κ1) is 29.0. The predicted molar refractivity (Wildman–Crippen MR) is 149 cm³/mol. The Bertz CT molecular complexity index is 1080. The number of hydrogen-bond acceptors (Lipinski definition) is 6. The molecule has 0 bridgehead atoms. The van der Waals surface area contributed by atoms with Crippen LogP contribution >= 0.6 is 0 Å². The molecule has 3 rings (SSSR count). The van der Waals surface area contributed by atoms with E-state index in [1.807, 2.05) is 24.3 Å². The second-order valence-electron chi connectivity index (χ2n) is 10.5. The maximum Gasteiger partial charge on any atom is 0.330 e. The fourth-order valence-electron chi connectivity index (χ4n) is 5.16. The molecule has 1 fully saturated rings. The van der Waals surface area contributed by atoms with Crippen LogP contribution in [0.4, 0.5) is 0 Å². The van der Waals surface area contributed by atoms with Gasteiger partial charge >= 0.3 is 11.9 Å². The van der Waals surface area contributed by atoms with Crippen LogP contribution in [-0.2, 0) is 29.9 Å². The third kappa shape index (κ3) is 7.73. The van der Waals surface area contributed by atoms with Gasteiger partial charge in [-0.15, -0.1) is 0 Å². The maximum absolute atomic E-state index is 11.1. The van der Waals surface area contributed by atoms with Crippen molar-refractivity contribution in [1.29, 1.82) is 0 Å². The van der Waals surface area contributed by atoms with Crippen LogP contribution in [0, 0.1) is 5.92 Å². The van der Waals surface area contributed by atoms with Crippen LogP contribution in [0.5, 0.6) is 11.5 Å². The number of rotatable bonds is 13. The molecule has 0 aliphatic heterocycles. The Balaban J connectivity index is 1.50. The highest BCUT2D eigenvalue weighted by Gasteiger charge is 2.39. The van der Waals surface area contributed by atoms with E-state index in [2.05, 4.69) is 58.2 Å². The largest absolute Gasteiger partial charge is 0.490 e. The Kier molecular flexibility index (Phi) is 10.2. The molecule has 0 aromatic heterocycles. The first-order chi connectivity index (χ1) is 18.2. The van der Waals surface area contributed by atoms with Crippen molar-refractivity contribution in [2.24, 2.45) is 5.92 Å². The van der Waals surface area contributed by atoms with Crippen LogP contribution in [-0.4, -0.2) is 38.4 Å². The van der Waals surface area contributed by atoms with Gasteiger partial charge in [0.2, 0.25) is 0 Å². The molecule has 0 spiro atoms. The van der Waals surface area contributed by atoms with Gasteiger partial charge in [0, 0.05) is 12.2 Å². The Morgan fingerprint density at radius 1 is 0.816 bits per heavy atom. The second kappa shape index (κ2) is 13.3. The van der Waals surface area contributed by atoms with Crippen LogP contribution < -0.4 is 9.47 Å². The first-order valence-corrected chi connectivity index (χ1v) is 13.2. The van der Waals surface area contributed by atoms with Crippen molar-refractivity contribution < 1.29 is 28.5 Å². The molecule has 1 aliphatic carbocycles. The highest BCUT2D eigenvalue weighted by Crippen LogP contribution is 2.48. The first-order valence-electron chi connectivity index (χ1n) is 13.2. The third-order valence-electron chi connectivity index (χ3n) is 7.79. The molecule has 2 aromatic rings. The number of ether oxygens (including phenoxy) is 4. The van der Waals surface area contributed by atoms with Crippen LogP contribution in [0.1, 0.15) is 57.6 Å². The van der Waals surface area contributed by atoms with Gasteiger partial charge in [-0.2, -0.15) is 0 Å². The normalized spacial score (nSPS) is 19.2. The minimum absolute atomic E-state index is 0.0477. The van der Waals surface area contributed by atoms with Gasteiger partial charge in [0.15, 0.2) is 0 Å². The van der Waals surface area contributed by atoms with Crippen molar-refractivity contribution >= 4 is 11.9 Å². The summed E-state index contributed by atoms with van der Waals surface area (Å²) >= 11 is 0. The number of carbonyl (C=O) groups is 2. The summed E-state index contributed by atoms with van der Waals surface area (Å²) < 4.78 is 21.3. The maximum atomic E-state index is 11.1. The number of benzene rings is 2. The summed E-state index contributed by atoms with van der Waals surface area (Å²) in [5, 5.41) is 0. The molecule has 38 heavy (non-hydrogen) atoms. The van der Waals surface area contributed by atoms with Crippen LogP contribution in [0.15, 0.2) is 73.8 Å². The number of hydrogen-bond donors (Lipinski definition) is 0. The number of carbonyl (C=O) groups excluding carboxylic acids is 2. The Morgan fingerprint density at radius 2 is 1.26 bits per heavy atom. The van der Waals surface area contributed by atoms with E-state index in [1.54, 1.807) is 0 Å². The summed E-state index contributed by atoms with van der Waals surface area (Å²) in [5.41, 5.74) is 2.82. The smallest absolute Gasteiger partial charge is 0.330 e. The lowest BCUT2D eigenvalue weighted by Crippen LogP contribution is -2.36. The second-order valence-corrected chi connectivity index (χ2v) is 10.5. The van der Waals surface area contributed by atoms with E-state index >= 15 is 0 Å². The van der Waals surface area contributed by atoms with Crippen molar-refractivity contribution in [3.05, 3.63) is 85.0 Å². The lowest BCUT2D eigenvalue weighted by molar-refractivity contribution is -0.139. The third-order valence-corrected chi connectivity index (χ3v) is 7.79. The van der Waals surface area contributed by atoms with Crippen LogP contribution in [0.25, 0.3) is 0 Å². The predicted octanol–water partition coefficient (Wildman–Crippen LogP) is 6.33. The van der Waals surface area contributed by atoms with E-state index in [0.717, 1.165) is 49.3 Å². The number of esters is 2. The average molecular weight is 521 g/mol. The van der Waals surface area contributed by atoms with E-state index in [-0.39, 0.29) is 24.0 Å². The van der Waals surface area contributed by atoms with E-state index in [4.69, 9.17) is 18.9 Å². The average Bonchev–Trinajstić information content (AvgIpc) is 2.94. The molecule has 0 unspecified atom stereocenters. The Hall–Kier alpha value is -3.54. The summed E-state index contributed by atoms with van der Waals surface area (Å²) in [4.78, 5) is 22.2. The monoisotopic (exact) mass is 520 g/mol. The molecule has 0 atom stereocenters. The summed E-state index contributed by atoms with van der Waals surface area (Å²) in [6.45, 7) is 14.8. The van der Waals surface area contributed by atoms with Crippen molar-refractivity contribution in [2.75, 3.05) is 26.4 Å². The van der Waals surface area contributed by atoms with E-state index < -0.39 is 11.9 Å². The topological polar surface area (TPSA) is 71.1 Å². The van der Waals surface area contributed by atoms with Crippen molar-refractivity contribution in [1.82, 2.24) is 0 Å². The van der Waals surface area contributed by atoms with Gasteiger partial charge in [-0.3, -0.25) is 0 Å². The molecule has 6 nitrogen and oxygen atoms in total. The molecule has 0 radical (unpaired) electrons. The Morgan fingerprint density at radius 3 is 1.71 bits per heavy atom. The van der Waals surface area contributed by atoms with E-state index in [0.29, 0.717) is 19.1 Å². The van der Waals surface area contributed by atoms with Gasteiger partial charge in [0.25, 0.3) is 0 Å². The van der Waals surface area contributed by atoms with Crippen molar-refractivity contribution in [3.63, 3.8) is 0 Å². The van der Waals surface area contributed by atoms with Gasteiger partial charge in [0.05, 0.1) is 0 Å². The quantitative estimate of drug-likeness (QED) is 0.175. The van der Waals surface area contributed by atoms with E-state index in [9.17, 15) is 9.59 Å². The molecule has 6 heteroatoms. The molecular formula is C32H40O6. The van der Waals surface area contributed by atoms with Crippen molar-refractivity contribution in [2.45, 2.75) is 57.3 Å². The van der Waals surface area contributed by atoms with Gasteiger partial charge in [-0.1, -0.05) is 58.2 Å². The SMILES string of the molecule is C=CC(=O)OCCOc1ccc(C2(C)CCC(C(C)(C)c3ccc(OCCOC(=O)C=C)cc3)CC2)cc1. The molecule has 1 aliphatic rings. The summed E-state index contributed by atoms with van der Waals surface area (Å²) in [6.07, 6.45) is 6.86. The molecule has 2 aromatic carbocycles. The minimum Gasteiger partial charge on any atom is -0.490 e. The van der Waals surface area contributed by atoms with Gasteiger partial charge in [-0.25, -0.2) is 9.59 Å². The lowest BCUT2D eigenvalue weighted by Gasteiger charge is -2.44. The summed E-state index contributed by atoms with van der Waals surface area (Å²) in [5.74, 6) is 1.23. The lowest BCUT2D eigenvalue weighted by atomic mass is 9.60. The molecule has 204 valence electrons. The fourth-order valence-corrected chi connectivity index (χ4v) is 5.16. The standard InChI is InChI=1S/C32H40O6/c1-6-29(33)37-22-20-35-27-12-8-24(9-13-27)31(3,4)25-16-18-32(5,19-17-25)26-10-14-28(15-11-26)36-21-23-38-30(34)7-2/h6-15,25H,1-2,16-23H2,3-5H3. The molecule has 0 heterocycles. The zero-order valence-electron chi connectivity index (χ0n) is 22.9. The fraction of sp³-hybridized carbons (Fsp3) is 0.438. The molecule has 0 N–H and O–H groups in total. The van der Waals surface area contributed by atoms with Gasteiger partial charge in [-0.05, 0) is 77.8 Å². The minimum atomic E-state index is -0.444. The highest BCUT2D eigenvalue weighted by atomic mass is 16.6. The Labute approximate surface area is 226 Å². The molecule has 1 saturated carbocycles. The zero-order valence-corrected chi connectivity index (χ0v) is 22.9.